The van der Waals surface area contributed by atoms with Crippen LogP contribution in [0.15, 0.2) is 39.6 Å². The first-order chi connectivity index (χ1) is 8.72. The van der Waals surface area contributed by atoms with Gasteiger partial charge in [-0.05, 0) is 12.5 Å². The van der Waals surface area contributed by atoms with Crippen LogP contribution in [0, 0.1) is 0 Å². The SMILES string of the molecule is CCOC(=O)c1c(Cc2ccccc2)[nH]oc1=O. The van der Waals surface area contributed by atoms with Crippen molar-refractivity contribution in [1.29, 1.82) is 0 Å². The average Bonchev–Trinajstić information content (AvgIpc) is 2.72. The first kappa shape index (κ1) is 12.2. The number of carbonyl (C=O) groups is 1. The fourth-order valence-corrected chi connectivity index (χ4v) is 1.67. The van der Waals surface area contributed by atoms with Gasteiger partial charge < -0.3 is 9.26 Å². The maximum absolute atomic E-state index is 11.6. The van der Waals surface area contributed by atoms with Crippen molar-refractivity contribution in [2.45, 2.75) is 13.3 Å². The lowest BCUT2D eigenvalue weighted by atomic mass is 10.1. The molecule has 18 heavy (non-hydrogen) atoms. The molecule has 2 rings (SSSR count). The molecule has 94 valence electrons. The van der Waals surface area contributed by atoms with Crippen molar-refractivity contribution >= 4 is 5.97 Å². The number of esters is 1. The number of aromatic nitrogens is 1. The Morgan fingerprint density at radius 2 is 2.06 bits per heavy atom. The van der Waals surface area contributed by atoms with E-state index in [1.807, 2.05) is 30.3 Å². The molecule has 2 aromatic rings. The minimum atomic E-state index is -0.695. The van der Waals surface area contributed by atoms with Crippen LogP contribution < -0.4 is 5.63 Å². The molecule has 0 aliphatic carbocycles. The molecule has 0 aliphatic rings. The Labute approximate surface area is 103 Å². The highest BCUT2D eigenvalue weighted by Gasteiger charge is 2.21. The Hall–Kier alpha value is -2.30. The molecule has 1 N–H and O–H groups in total. The van der Waals surface area contributed by atoms with E-state index in [1.54, 1.807) is 6.92 Å². The number of ether oxygens (including phenoxy) is 1. The second-order valence-corrected chi connectivity index (χ2v) is 3.73. The van der Waals surface area contributed by atoms with Crippen molar-refractivity contribution in [3.8, 4) is 0 Å². The van der Waals surface area contributed by atoms with E-state index in [-0.39, 0.29) is 12.2 Å². The van der Waals surface area contributed by atoms with Gasteiger partial charge in [-0.3, -0.25) is 0 Å². The van der Waals surface area contributed by atoms with Crippen LogP contribution in [-0.2, 0) is 11.2 Å². The highest BCUT2D eigenvalue weighted by Crippen LogP contribution is 2.10. The van der Waals surface area contributed by atoms with Crippen molar-refractivity contribution < 1.29 is 14.1 Å². The zero-order valence-electron chi connectivity index (χ0n) is 9.93. The molecule has 0 unspecified atom stereocenters. The summed E-state index contributed by atoms with van der Waals surface area (Å²) in [5.74, 6) is -0.654. The summed E-state index contributed by atoms with van der Waals surface area (Å²) >= 11 is 0. The third kappa shape index (κ3) is 2.51. The topological polar surface area (TPSA) is 72.3 Å². The van der Waals surface area contributed by atoms with Crippen LogP contribution in [0.25, 0.3) is 0 Å². The summed E-state index contributed by atoms with van der Waals surface area (Å²) in [6, 6.07) is 9.48. The van der Waals surface area contributed by atoms with Gasteiger partial charge in [0.25, 0.3) is 0 Å². The van der Waals surface area contributed by atoms with Gasteiger partial charge in [0.15, 0.2) is 5.56 Å². The van der Waals surface area contributed by atoms with Gasteiger partial charge in [-0.1, -0.05) is 30.3 Å². The monoisotopic (exact) mass is 247 g/mol. The third-order valence-electron chi connectivity index (χ3n) is 2.48. The number of rotatable bonds is 4. The van der Waals surface area contributed by atoms with Gasteiger partial charge in [-0.25, -0.2) is 14.7 Å². The first-order valence-electron chi connectivity index (χ1n) is 5.63. The molecular formula is C13H13NO4. The van der Waals surface area contributed by atoms with Crippen molar-refractivity contribution in [1.82, 2.24) is 5.16 Å². The van der Waals surface area contributed by atoms with Gasteiger partial charge in [-0.2, -0.15) is 0 Å². The van der Waals surface area contributed by atoms with Gasteiger partial charge in [-0.15, -0.1) is 0 Å². The summed E-state index contributed by atoms with van der Waals surface area (Å²) in [4.78, 5) is 23.1. The summed E-state index contributed by atoms with van der Waals surface area (Å²) in [6.07, 6.45) is 0.417. The van der Waals surface area contributed by atoms with Gasteiger partial charge >= 0.3 is 11.6 Å². The predicted molar refractivity (Wildman–Crippen MR) is 64.5 cm³/mol. The highest BCUT2D eigenvalue weighted by atomic mass is 16.5. The van der Waals surface area contributed by atoms with E-state index in [9.17, 15) is 9.59 Å². The lowest BCUT2D eigenvalue weighted by Gasteiger charge is -2.01. The number of aromatic amines is 1. The molecule has 0 aliphatic heterocycles. The molecule has 0 saturated heterocycles. The number of benzene rings is 1. The molecular weight excluding hydrogens is 234 g/mol. The number of hydrogen-bond donors (Lipinski definition) is 1. The third-order valence-corrected chi connectivity index (χ3v) is 2.48. The summed E-state index contributed by atoms with van der Waals surface area (Å²) in [5, 5.41) is 2.47. The normalized spacial score (nSPS) is 10.3. The smallest absolute Gasteiger partial charge is 0.372 e. The molecule has 1 aromatic heterocycles. The van der Waals surface area contributed by atoms with Crippen LogP contribution in [0.5, 0.6) is 0 Å². The van der Waals surface area contributed by atoms with E-state index in [4.69, 9.17) is 4.74 Å². The van der Waals surface area contributed by atoms with E-state index in [0.717, 1.165) is 5.56 Å². The van der Waals surface area contributed by atoms with Gasteiger partial charge in [0.1, 0.15) is 0 Å². The summed E-state index contributed by atoms with van der Waals surface area (Å²) in [6.45, 7) is 1.90. The minimum absolute atomic E-state index is 0.0549. The second kappa shape index (κ2) is 5.35. The molecule has 0 amide bonds. The summed E-state index contributed by atoms with van der Waals surface area (Å²) in [7, 11) is 0. The van der Waals surface area contributed by atoms with E-state index < -0.39 is 11.6 Å². The second-order valence-electron chi connectivity index (χ2n) is 3.73. The van der Waals surface area contributed by atoms with E-state index in [2.05, 4.69) is 9.68 Å². The van der Waals surface area contributed by atoms with Crippen LogP contribution in [0.2, 0.25) is 0 Å². The Bertz CT molecular complexity index is 583. The van der Waals surface area contributed by atoms with Crippen LogP contribution in [-0.4, -0.2) is 17.7 Å². The Kier molecular flexibility index (Phi) is 3.62. The number of carbonyl (C=O) groups excluding carboxylic acids is 1. The summed E-state index contributed by atoms with van der Waals surface area (Å²) in [5.41, 5.74) is 0.657. The molecule has 0 spiro atoms. The zero-order chi connectivity index (χ0) is 13.0. The van der Waals surface area contributed by atoms with Crippen LogP contribution in [0.1, 0.15) is 28.5 Å². The summed E-state index contributed by atoms with van der Waals surface area (Å²) < 4.78 is 9.48. The number of nitrogens with one attached hydrogen (secondary N) is 1. The van der Waals surface area contributed by atoms with Crippen molar-refractivity contribution in [2.75, 3.05) is 6.61 Å². The standard InChI is InChI=1S/C13H13NO4/c1-2-17-12(15)11-10(14-18-13(11)16)8-9-6-4-3-5-7-9/h3-7,14H,2,8H2,1H3. The molecule has 0 saturated carbocycles. The van der Waals surface area contributed by atoms with Gasteiger partial charge in [0.05, 0.1) is 12.3 Å². The molecule has 1 heterocycles. The lowest BCUT2D eigenvalue weighted by Crippen LogP contribution is -2.15. The fraction of sp³-hybridized carbons (Fsp3) is 0.231. The fourth-order valence-electron chi connectivity index (χ4n) is 1.67. The molecule has 1 aromatic carbocycles. The molecule has 0 bridgehead atoms. The van der Waals surface area contributed by atoms with E-state index in [1.165, 1.54) is 0 Å². The predicted octanol–water partition coefficient (Wildman–Crippen LogP) is 1.74. The van der Waals surface area contributed by atoms with Crippen molar-refractivity contribution in [2.24, 2.45) is 0 Å². The molecule has 5 nitrogen and oxygen atoms in total. The largest absolute Gasteiger partial charge is 0.462 e. The van der Waals surface area contributed by atoms with E-state index >= 15 is 0 Å². The van der Waals surface area contributed by atoms with Crippen LogP contribution in [0.4, 0.5) is 0 Å². The molecule has 0 radical (unpaired) electrons. The molecule has 0 atom stereocenters. The Morgan fingerprint density at radius 3 is 2.72 bits per heavy atom. The zero-order valence-corrected chi connectivity index (χ0v) is 9.93. The van der Waals surface area contributed by atoms with Gasteiger partial charge in [0.2, 0.25) is 0 Å². The van der Waals surface area contributed by atoms with Crippen LogP contribution >= 0.6 is 0 Å². The lowest BCUT2D eigenvalue weighted by molar-refractivity contribution is 0.0522. The van der Waals surface area contributed by atoms with Crippen molar-refractivity contribution in [3.05, 3.63) is 57.6 Å². The average molecular weight is 247 g/mol. The number of hydrogen-bond acceptors (Lipinski definition) is 4. The Morgan fingerprint density at radius 1 is 1.33 bits per heavy atom. The first-order valence-corrected chi connectivity index (χ1v) is 5.63. The van der Waals surface area contributed by atoms with Gasteiger partial charge in [0, 0.05) is 6.42 Å². The van der Waals surface area contributed by atoms with Crippen molar-refractivity contribution in [3.63, 3.8) is 0 Å². The Balaban J connectivity index is 2.29. The minimum Gasteiger partial charge on any atom is -0.462 e. The molecule has 0 fully saturated rings. The van der Waals surface area contributed by atoms with E-state index in [0.29, 0.717) is 12.1 Å². The molecule has 5 heteroatoms. The van der Waals surface area contributed by atoms with Crippen LogP contribution in [0.3, 0.4) is 0 Å². The quantitative estimate of drug-likeness (QED) is 0.835. The maximum atomic E-state index is 11.6. The highest BCUT2D eigenvalue weighted by molar-refractivity contribution is 5.90. The number of H-pyrrole nitrogens is 1. The maximum Gasteiger partial charge on any atom is 0.372 e.